The molecule has 8 nitrogen and oxygen atoms in total. The number of H-pyrrole nitrogens is 1. The molecule has 0 saturated carbocycles. The van der Waals surface area contributed by atoms with Gasteiger partial charge < -0.3 is 15.2 Å². The average molecular weight is 540 g/mol. The van der Waals surface area contributed by atoms with Gasteiger partial charge in [0.1, 0.15) is 0 Å². The summed E-state index contributed by atoms with van der Waals surface area (Å²) in [5.74, 6) is -0.185. The second-order valence-corrected chi connectivity index (χ2v) is 8.73. The topological polar surface area (TPSA) is 119 Å². The first-order chi connectivity index (χ1) is 15.4. The van der Waals surface area contributed by atoms with Crippen LogP contribution in [0.5, 0.6) is 0 Å². The van der Waals surface area contributed by atoms with Gasteiger partial charge in [-0.15, -0.1) is 0 Å². The van der Waals surface area contributed by atoms with Crippen LogP contribution in [0.15, 0.2) is 66.7 Å². The number of carboxylic acid groups (broad SMARTS) is 1. The molecule has 0 spiro atoms. The molecule has 0 aliphatic carbocycles. The number of hydrogen-bond acceptors (Lipinski definition) is 4. The second-order valence-electron chi connectivity index (χ2n) is 7.49. The Kier molecular flexibility index (Phi) is 4.86. The number of aromatic nitrogens is 2. The Hall–Kier alpha value is -3.44. The van der Waals surface area contributed by atoms with E-state index in [1.165, 1.54) is 4.90 Å². The largest absolute Gasteiger partial charge is 0.465 e. The Morgan fingerprint density at radius 1 is 1.12 bits per heavy atom. The first-order valence-corrected chi connectivity index (χ1v) is 10.8. The molecule has 1 aromatic heterocycles. The fourth-order valence-electron chi connectivity index (χ4n) is 4.11. The fourth-order valence-corrected chi connectivity index (χ4v) is 4.72. The Morgan fingerprint density at radius 2 is 1.94 bits per heavy atom. The van der Waals surface area contributed by atoms with E-state index in [0.717, 1.165) is 9.13 Å². The highest BCUT2D eigenvalue weighted by molar-refractivity contribution is 14.1. The molecule has 0 bridgehead atoms. The molecule has 1 atom stereocenters. The van der Waals surface area contributed by atoms with Gasteiger partial charge in [0.25, 0.3) is 5.91 Å². The van der Waals surface area contributed by atoms with E-state index in [2.05, 4.69) is 37.9 Å². The molecule has 9 heteroatoms. The van der Waals surface area contributed by atoms with Gasteiger partial charge in [0, 0.05) is 26.8 Å². The summed E-state index contributed by atoms with van der Waals surface area (Å²) in [6.07, 6.45) is -1.23. The summed E-state index contributed by atoms with van der Waals surface area (Å²) in [5, 5.41) is 23.2. The first-order valence-electron chi connectivity index (χ1n) is 9.75. The number of rotatable bonds is 4. The van der Waals surface area contributed by atoms with Crippen LogP contribution in [0.1, 0.15) is 27.0 Å². The van der Waals surface area contributed by atoms with E-state index in [4.69, 9.17) is 5.11 Å². The van der Waals surface area contributed by atoms with Crippen molar-refractivity contribution in [3.63, 3.8) is 0 Å². The number of nitrogens with zero attached hydrogens (tertiary/aromatic N) is 2. The fraction of sp³-hybridized carbons (Fsp3) is 0.0870. The van der Waals surface area contributed by atoms with Gasteiger partial charge >= 0.3 is 6.09 Å². The highest BCUT2D eigenvalue weighted by atomic mass is 127. The molecular weight excluding hydrogens is 523 g/mol. The van der Waals surface area contributed by atoms with Crippen molar-refractivity contribution in [1.29, 1.82) is 0 Å². The van der Waals surface area contributed by atoms with E-state index in [9.17, 15) is 14.7 Å². The Balaban J connectivity index is 1.64. The number of carbonyl (C=O) groups is 2. The highest BCUT2D eigenvalue weighted by Crippen LogP contribution is 2.43. The van der Waals surface area contributed by atoms with Crippen molar-refractivity contribution >= 4 is 51.6 Å². The molecular formula is C23H17IN4O4. The van der Waals surface area contributed by atoms with Gasteiger partial charge in [-0.3, -0.25) is 15.0 Å². The summed E-state index contributed by atoms with van der Waals surface area (Å²) in [4.78, 5) is 32.8. The molecule has 3 aromatic carbocycles. The lowest BCUT2D eigenvalue weighted by molar-refractivity contribution is -0.0542. The van der Waals surface area contributed by atoms with E-state index >= 15 is 0 Å². The summed E-state index contributed by atoms with van der Waals surface area (Å²) in [6, 6.07) is 19.9. The summed E-state index contributed by atoms with van der Waals surface area (Å²) in [6.45, 7) is 0.216. The third kappa shape index (κ3) is 3.30. The van der Waals surface area contributed by atoms with Crippen molar-refractivity contribution in [3.05, 3.63) is 92.6 Å². The van der Waals surface area contributed by atoms with E-state index in [1.54, 1.807) is 42.5 Å². The lowest BCUT2D eigenvalue weighted by Crippen LogP contribution is -2.44. The highest BCUT2D eigenvalue weighted by Gasteiger charge is 2.49. The molecule has 1 unspecified atom stereocenters. The smallest absolute Gasteiger partial charge is 0.411 e. The molecule has 5 rings (SSSR count). The molecule has 4 N–H and O–H groups in total. The normalized spacial score (nSPS) is 17.6. The average Bonchev–Trinajstić information content (AvgIpc) is 3.25. The predicted molar refractivity (Wildman–Crippen MR) is 126 cm³/mol. The van der Waals surface area contributed by atoms with Gasteiger partial charge in [0.2, 0.25) is 5.95 Å². The van der Waals surface area contributed by atoms with E-state index < -0.39 is 11.8 Å². The van der Waals surface area contributed by atoms with Crippen molar-refractivity contribution in [2.75, 3.05) is 5.32 Å². The zero-order valence-electron chi connectivity index (χ0n) is 16.5. The van der Waals surface area contributed by atoms with Gasteiger partial charge in [0.05, 0.1) is 11.0 Å². The first kappa shape index (κ1) is 20.5. The molecule has 0 saturated heterocycles. The Labute approximate surface area is 196 Å². The molecule has 0 fully saturated rings. The maximum Gasteiger partial charge on any atom is 0.411 e. The Morgan fingerprint density at radius 3 is 2.72 bits per heavy atom. The molecule has 2 heterocycles. The van der Waals surface area contributed by atoms with Crippen LogP contribution in [0.4, 0.5) is 10.7 Å². The number of imidazole rings is 1. The molecule has 1 aliphatic heterocycles. The summed E-state index contributed by atoms with van der Waals surface area (Å²) >= 11 is 2.21. The standard InChI is InChI=1S/C23H17IN4O4/c24-15-5-3-4-13(10-15)12-28-20(29)16-6-1-2-7-17(16)23(28,32)14-8-9-18-19(11-14)26-21(25-18)27-22(30)31/h1-11,32H,12H2,(H,30,31)(H2,25,26,27). The number of carbonyl (C=O) groups excluding carboxylic acids is 1. The lowest BCUT2D eigenvalue weighted by Gasteiger charge is -2.35. The molecule has 32 heavy (non-hydrogen) atoms. The maximum atomic E-state index is 13.3. The van der Waals surface area contributed by atoms with Crippen molar-refractivity contribution in [3.8, 4) is 0 Å². The number of fused-ring (bicyclic) bond motifs is 2. The van der Waals surface area contributed by atoms with Crippen LogP contribution in [0.2, 0.25) is 0 Å². The summed E-state index contributed by atoms with van der Waals surface area (Å²) in [7, 11) is 0. The second kappa shape index (κ2) is 7.61. The number of aromatic amines is 1. The molecule has 0 radical (unpaired) electrons. The van der Waals surface area contributed by atoms with Crippen LogP contribution in [0, 0.1) is 3.57 Å². The van der Waals surface area contributed by atoms with Gasteiger partial charge in [0.15, 0.2) is 5.72 Å². The zero-order valence-corrected chi connectivity index (χ0v) is 18.7. The third-order valence-corrected chi connectivity index (χ3v) is 6.18. The van der Waals surface area contributed by atoms with Gasteiger partial charge in [-0.2, -0.15) is 0 Å². The zero-order chi connectivity index (χ0) is 22.5. The number of aliphatic hydroxyl groups is 1. The van der Waals surface area contributed by atoms with Crippen LogP contribution in [0.25, 0.3) is 11.0 Å². The molecule has 2 amide bonds. The number of amides is 2. The van der Waals surface area contributed by atoms with Crippen molar-refractivity contribution in [1.82, 2.24) is 14.9 Å². The van der Waals surface area contributed by atoms with Crippen molar-refractivity contribution in [2.45, 2.75) is 12.3 Å². The minimum absolute atomic E-state index is 0.0789. The van der Waals surface area contributed by atoms with Crippen LogP contribution in [-0.2, 0) is 12.3 Å². The van der Waals surface area contributed by atoms with Crippen LogP contribution in [-0.4, -0.2) is 37.1 Å². The minimum atomic E-state index is -1.70. The number of anilines is 1. The molecule has 1 aliphatic rings. The third-order valence-electron chi connectivity index (χ3n) is 5.51. The van der Waals surface area contributed by atoms with Crippen LogP contribution < -0.4 is 5.32 Å². The van der Waals surface area contributed by atoms with Gasteiger partial charge in [-0.1, -0.05) is 36.4 Å². The van der Waals surface area contributed by atoms with E-state index in [-0.39, 0.29) is 18.4 Å². The van der Waals surface area contributed by atoms with Crippen molar-refractivity contribution in [2.24, 2.45) is 0 Å². The van der Waals surface area contributed by atoms with Gasteiger partial charge in [-0.05, 0) is 58.5 Å². The minimum Gasteiger partial charge on any atom is -0.465 e. The maximum absolute atomic E-state index is 13.3. The number of benzene rings is 3. The van der Waals surface area contributed by atoms with E-state index in [0.29, 0.717) is 27.7 Å². The SMILES string of the molecule is O=C(O)Nc1nc2ccc(C3(O)c4ccccc4C(=O)N3Cc3cccc(I)c3)cc2[nH]1. The molecule has 4 aromatic rings. The van der Waals surface area contributed by atoms with Crippen molar-refractivity contribution < 1.29 is 19.8 Å². The Bertz CT molecular complexity index is 1390. The van der Waals surface area contributed by atoms with Crippen LogP contribution >= 0.6 is 22.6 Å². The lowest BCUT2D eigenvalue weighted by atomic mass is 9.93. The van der Waals surface area contributed by atoms with Crippen LogP contribution in [0.3, 0.4) is 0 Å². The number of halogens is 1. The number of nitrogens with one attached hydrogen (secondary N) is 2. The predicted octanol–water partition coefficient (Wildman–Crippen LogP) is 4.11. The quantitative estimate of drug-likeness (QED) is 0.291. The van der Waals surface area contributed by atoms with Gasteiger partial charge in [-0.25, -0.2) is 9.78 Å². The summed E-state index contributed by atoms with van der Waals surface area (Å²) < 4.78 is 1.03. The number of hydrogen-bond donors (Lipinski definition) is 4. The molecule has 160 valence electrons. The monoisotopic (exact) mass is 540 g/mol. The summed E-state index contributed by atoms with van der Waals surface area (Å²) in [5.41, 5.74) is 1.67. The van der Waals surface area contributed by atoms with E-state index in [1.807, 2.05) is 24.3 Å².